The molecule has 0 atom stereocenters. The molecule has 0 radical (unpaired) electrons. The SMILES string of the molecule is CC.CC(C)(C)OC(=O)/C=C/C(=O)OCCl. The highest BCUT2D eigenvalue weighted by Gasteiger charge is 2.14. The van der Waals surface area contributed by atoms with Crippen LogP contribution in [0.25, 0.3) is 0 Å². The molecule has 0 saturated heterocycles. The molecule has 0 aliphatic heterocycles. The minimum atomic E-state index is -0.675. The monoisotopic (exact) mass is 250 g/mol. The third kappa shape index (κ3) is 13.0. The van der Waals surface area contributed by atoms with Crippen molar-refractivity contribution >= 4 is 23.5 Å². The van der Waals surface area contributed by atoms with Gasteiger partial charge in [0.1, 0.15) is 5.60 Å². The number of carbonyl (C=O) groups is 2. The summed E-state index contributed by atoms with van der Waals surface area (Å²) in [5.41, 5.74) is -0.572. The molecule has 0 aromatic heterocycles. The average Bonchev–Trinajstić information content (AvgIpc) is 2.16. The zero-order valence-corrected chi connectivity index (χ0v) is 11.1. The average molecular weight is 251 g/mol. The fourth-order valence-corrected chi connectivity index (χ4v) is 0.681. The number of carbonyl (C=O) groups excluding carboxylic acids is 2. The Morgan fingerprint density at radius 1 is 1.12 bits per heavy atom. The Bertz CT molecular complexity index is 241. The summed E-state index contributed by atoms with van der Waals surface area (Å²) in [4.78, 5) is 21.7. The van der Waals surface area contributed by atoms with Gasteiger partial charge in [-0.15, -0.1) is 0 Å². The third-order valence-corrected chi connectivity index (χ3v) is 1.07. The number of halogens is 1. The third-order valence-electron chi connectivity index (χ3n) is 0.959. The Balaban J connectivity index is 0. The van der Waals surface area contributed by atoms with Gasteiger partial charge in [-0.05, 0) is 20.8 Å². The Hall–Kier alpha value is -1.03. The molecule has 0 unspecified atom stereocenters. The molecule has 0 aromatic carbocycles. The molecule has 0 rings (SSSR count). The van der Waals surface area contributed by atoms with Crippen LogP contribution in [-0.4, -0.2) is 23.6 Å². The van der Waals surface area contributed by atoms with E-state index >= 15 is 0 Å². The van der Waals surface area contributed by atoms with E-state index < -0.39 is 17.5 Å². The summed E-state index contributed by atoms with van der Waals surface area (Å²) >= 11 is 5.13. The van der Waals surface area contributed by atoms with E-state index in [1.165, 1.54) is 0 Å². The number of esters is 2. The van der Waals surface area contributed by atoms with Gasteiger partial charge >= 0.3 is 11.9 Å². The van der Waals surface area contributed by atoms with Gasteiger partial charge in [0.2, 0.25) is 0 Å². The van der Waals surface area contributed by atoms with Crippen molar-refractivity contribution in [3.05, 3.63) is 12.2 Å². The number of hydrogen-bond acceptors (Lipinski definition) is 4. The van der Waals surface area contributed by atoms with E-state index in [9.17, 15) is 9.59 Å². The summed E-state index contributed by atoms with van der Waals surface area (Å²) in [5.74, 6) is -1.27. The largest absolute Gasteiger partial charge is 0.457 e. The minimum Gasteiger partial charge on any atom is -0.457 e. The van der Waals surface area contributed by atoms with E-state index in [0.717, 1.165) is 12.2 Å². The molecule has 0 heterocycles. The van der Waals surface area contributed by atoms with E-state index in [0.29, 0.717) is 0 Å². The number of ether oxygens (including phenoxy) is 2. The molecule has 0 aliphatic carbocycles. The maximum atomic E-state index is 11.0. The van der Waals surface area contributed by atoms with E-state index in [-0.39, 0.29) is 6.07 Å². The highest BCUT2D eigenvalue weighted by atomic mass is 35.5. The first-order valence-corrected chi connectivity index (χ1v) is 5.52. The molecule has 0 bridgehead atoms. The van der Waals surface area contributed by atoms with Crippen LogP contribution in [0.2, 0.25) is 0 Å². The van der Waals surface area contributed by atoms with Crippen molar-refractivity contribution in [1.82, 2.24) is 0 Å². The van der Waals surface area contributed by atoms with Gasteiger partial charge in [-0.1, -0.05) is 25.4 Å². The van der Waals surface area contributed by atoms with Gasteiger partial charge in [0, 0.05) is 12.2 Å². The minimum absolute atomic E-state index is 0.239. The van der Waals surface area contributed by atoms with E-state index in [4.69, 9.17) is 16.3 Å². The van der Waals surface area contributed by atoms with Crippen molar-refractivity contribution in [2.75, 3.05) is 6.07 Å². The molecule has 94 valence electrons. The predicted molar refractivity (Wildman–Crippen MR) is 63.1 cm³/mol. The van der Waals surface area contributed by atoms with Gasteiger partial charge in [-0.2, -0.15) is 0 Å². The highest BCUT2D eigenvalue weighted by Crippen LogP contribution is 2.06. The summed E-state index contributed by atoms with van der Waals surface area (Å²) in [6, 6.07) is -0.239. The van der Waals surface area contributed by atoms with Gasteiger partial charge < -0.3 is 9.47 Å². The second-order valence-corrected chi connectivity index (χ2v) is 3.66. The van der Waals surface area contributed by atoms with Crippen molar-refractivity contribution in [3.8, 4) is 0 Å². The second kappa shape index (κ2) is 9.21. The quantitative estimate of drug-likeness (QED) is 0.439. The Morgan fingerprint density at radius 2 is 1.56 bits per heavy atom. The maximum absolute atomic E-state index is 11.0. The first-order valence-electron chi connectivity index (χ1n) is 4.99. The van der Waals surface area contributed by atoms with Crippen LogP contribution < -0.4 is 0 Å². The van der Waals surface area contributed by atoms with Gasteiger partial charge in [0.05, 0.1) is 0 Å². The van der Waals surface area contributed by atoms with Crippen molar-refractivity contribution in [2.24, 2.45) is 0 Å². The molecule has 0 amide bonds. The summed E-state index contributed by atoms with van der Waals surface area (Å²) in [7, 11) is 0. The predicted octanol–water partition coefficient (Wildman–Crippen LogP) is 2.65. The molecular weight excluding hydrogens is 232 g/mol. The fourth-order valence-electron chi connectivity index (χ4n) is 0.574. The van der Waals surface area contributed by atoms with Gasteiger partial charge in [0.25, 0.3) is 0 Å². The molecule has 0 fully saturated rings. The van der Waals surface area contributed by atoms with Crippen molar-refractivity contribution < 1.29 is 19.1 Å². The Kier molecular flexibility index (Phi) is 10.0. The van der Waals surface area contributed by atoms with E-state index in [1.54, 1.807) is 20.8 Å². The molecule has 0 aliphatic rings. The first kappa shape index (κ1) is 17.4. The van der Waals surface area contributed by atoms with Crippen LogP contribution >= 0.6 is 11.6 Å². The second-order valence-electron chi connectivity index (χ2n) is 3.44. The normalized spacial score (nSPS) is 10.4. The van der Waals surface area contributed by atoms with Gasteiger partial charge in [-0.3, -0.25) is 0 Å². The maximum Gasteiger partial charge on any atom is 0.332 e. The lowest BCUT2D eigenvalue weighted by atomic mass is 10.2. The van der Waals surface area contributed by atoms with Gasteiger partial charge in [0.15, 0.2) is 6.07 Å². The smallest absolute Gasteiger partial charge is 0.332 e. The molecule has 5 heteroatoms. The van der Waals surface area contributed by atoms with Crippen LogP contribution in [0.5, 0.6) is 0 Å². The van der Waals surface area contributed by atoms with Crippen LogP contribution in [0.3, 0.4) is 0 Å². The lowest BCUT2D eigenvalue weighted by molar-refractivity contribution is -0.149. The summed E-state index contributed by atoms with van der Waals surface area (Å²) in [6.07, 6.45) is 1.97. The highest BCUT2D eigenvalue weighted by molar-refractivity contribution is 6.17. The van der Waals surface area contributed by atoms with Crippen LogP contribution in [0.1, 0.15) is 34.6 Å². The van der Waals surface area contributed by atoms with E-state index in [1.807, 2.05) is 13.8 Å². The lowest BCUT2D eigenvalue weighted by Crippen LogP contribution is -2.22. The Labute approximate surface area is 102 Å². The number of rotatable bonds is 3. The van der Waals surface area contributed by atoms with Crippen molar-refractivity contribution in [3.63, 3.8) is 0 Å². The van der Waals surface area contributed by atoms with Crippen LogP contribution in [0, 0.1) is 0 Å². The van der Waals surface area contributed by atoms with E-state index in [2.05, 4.69) is 4.74 Å². The molecular formula is C11H19ClO4. The molecule has 0 saturated carbocycles. The van der Waals surface area contributed by atoms with Crippen LogP contribution in [0.4, 0.5) is 0 Å². The number of hydrogen-bond donors (Lipinski definition) is 0. The topological polar surface area (TPSA) is 52.6 Å². The van der Waals surface area contributed by atoms with Crippen LogP contribution in [0.15, 0.2) is 12.2 Å². The molecule has 16 heavy (non-hydrogen) atoms. The summed E-state index contributed by atoms with van der Waals surface area (Å²) in [5, 5.41) is 0. The van der Waals surface area contributed by atoms with Gasteiger partial charge in [-0.25, -0.2) is 9.59 Å². The first-order chi connectivity index (χ1) is 7.35. The zero-order valence-electron chi connectivity index (χ0n) is 10.4. The summed E-state index contributed by atoms with van der Waals surface area (Å²) in [6.45, 7) is 9.20. The standard InChI is InChI=1S/C9H13ClO4.C2H6/c1-9(2,3)14-8(12)5-4-7(11)13-6-10;1-2/h4-5H,6H2,1-3H3;1-2H3/b5-4+;. The molecule has 0 N–H and O–H groups in total. The Morgan fingerprint density at radius 3 is 1.94 bits per heavy atom. The fraction of sp³-hybridized carbons (Fsp3) is 0.636. The lowest BCUT2D eigenvalue weighted by Gasteiger charge is -2.17. The molecule has 0 aromatic rings. The summed E-state index contributed by atoms with van der Waals surface area (Å²) < 4.78 is 9.25. The molecule has 0 spiro atoms. The zero-order chi connectivity index (χ0) is 13.2. The number of alkyl halides is 1. The van der Waals surface area contributed by atoms with Crippen molar-refractivity contribution in [1.29, 1.82) is 0 Å². The molecule has 4 nitrogen and oxygen atoms in total. The van der Waals surface area contributed by atoms with Crippen LogP contribution in [-0.2, 0) is 19.1 Å². The van der Waals surface area contributed by atoms with Crippen molar-refractivity contribution in [2.45, 2.75) is 40.2 Å².